The highest BCUT2D eigenvalue weighted by atomic mass is 16.1. The van der Waals surface area contributed by atoms with Gasteiger partial charge in [-0.25, -0.2) is 0 Å². The minimum atomic E-state index is -0.153. The highest BCUT2D eigenvalue weighted by Crippen LogP contribution is 2.45. The van der Waals surface area contributed by atoms with Crippen molar-refractivity contribution in [2.24, 2.45) is 5.41 Å². The number of carbonyl (C=O) groups is 1. The van der Waals surface area contributed by atoms with Gasteiger partial charge in [0.1, 0.15) is 0 Å². The van der Waals surface area contributed by atoms with Gasteiger partial charge in [-0.2, -0.15) is 0 Å². The number of nitrogens with one attached hydrogen (secondary N) is 2. The first-order valence-corrected chi connectivity index (χ1v) is 9.88. The predicted octanol–water partition coefficient (Wildman–Crippen LogP) is 6.06. The van der Waals surface area contributed by atoms with Crippen molar-refractivity contribution in [3.63, 3.8) is 0 Å². The van der Waals surface area contributed by atoms with Crippen LogP contribution in [0.3, 0.4) is 0 Å². The fourth-order valence-corrected chi connectivity index (χ4v) is 4.53. The molecular formula is C25H24N2O. The number of allylic oxidation sites excluding steroid dienone is 1. The van der Waals surface area contributed by atoms with E-state index in [2.05, 4.69) is 79.1 Å². The summed E-state index contributed by atoms with van der Waals surface area (Å²) in [6.07, 6.45) is 1.45. The van der Waals surface area contributed by atoms with E-state index in [1.54, 1.807) is 0 Å². The first-order chi connectivity index (χ1) is 13.5. The van der Waals surface area contributed by atoms with Gasteiger partial charge in [-0.15, -0.1) is 0 Å². The van der Waals surface area contributed by atoms with Gasteiger partial charge in [-0.3, -0.25) is 4.79 Å². The molecule has 0 bridgehead atoms. The number of rotatable bonds is 1. The molecule has 3 nitrogen and oxygen atoms in total. The summed E-state index contributed by atoms with van der Waals surface area (Å²) in [4.78, 5) is 13.3. The number of Topliss-reactive ketones (excluding diaryl/α,β-unsaturated/α-hetero) is 1. The molecule has 2 aliphatic rings. The smallest absolute Gasteiger partial charge is 0.163 e. The summed E-state index contributed by atoms with van der Waals surface area (Å²) in [7, 11) is 0. The van der Waals surface area contributed by atoms with Gasteiger partial charge in [0.2, 0.25) is 0 Å². The average Bonchev–Trinajstić information content (AvgIpc) is 2.83. The Morgan fingerprint density at radius 1 is 0.857 bits per heavy atom. The van der Waals surface area contributed by atoms with Crippen LogP contribution in [0.1, 0.15) is 38.3 Å². The van der Waals surface area contributed by atoms with E-state index >= 15 is 0 Å². The second-order valence-electron chi connectivity index (χ2n) is 8.69. The van der Waals surface area contributed by atoms with Crippen molar-refractivity contribution in [1.29, 1.82) is 0 Å². The van der Waals surface area contributed by atoms with E-state index in [4.69, 9.17) is 0 Å². The molecule has 0 saturated heterocycles. The van der Waals surface area contributed by atoms with Gasteiger partial charge in [-0.05, 0) is 46.4 Å². The van der Waals surface area contributed by atoms with E-state index < -0.39 is 0 Å². The maximum atomic E-state index is 13.3. The molecule has 1 aliphatic carbocycles. The third-order valence-corrected chi connectivity index (χ3v) is 5.83. The van der Waals surface area contributed by atoms with Crippen molar-refractivity contribution in [1.82, 2.24) is 0 Å². The third kappa shape index (κ3) is 2.88. The number of anilines is 2. The average molecular weight is 368 g/mol. The number of hydrogen-bond acceptors (Lipinski definition) is 3. The number of ketones is 1. The van der Waals surface area contributed by atoms with Gasteiger partial charge >= 0.3 is 0 Å². The van der Waals surface area contributed by atoms with Crippen molar-refractivity contribution in [3.05, 3.63) is 83.6 Å². The number of hydrogen-bond donors (Lipinski definition) is 2. The summed E-state index contributed by atoms with van der Waals surface area (Å²) in [6.45, 7) is 4.34. The molecule has 3 heteroatoms. The minimum Gasteiger partial charge on any atom is -0.372 e. The van der Waals surface area contributed by atoms with Gasteiger partial charge in [0.25, 0.3) is 0 Å². The van der Waals surface area contributed by atoms with Gasteiger partial charge in [0.15, 0.2) is 5.78 Å². The van der Waals surface area contributed by atoms with Gasteiger partial charge in [0, 0.05) is 17.7 Å². The predicted molar refractivity (Wildman–Crippen MR) is 115 cm³/mol. The fourth-order valence-electron chi connectivity index (χ4n) is 4.53. The quantitative estimate of drug-likeness (QED) is 0.548. The molecule has 28 heavy (non-hydrogen) atoms. The van der Waals surface area contributed by atoms with Gasteiger partial charge in [0.05, 0.1) is 17.4 Å². The molecule has 1 aliphatic heterocycles. The van der Waals surface area contributed by atoms with Gasteiger partial charge < -0.3 is 10.6 Å². The van der Waals surface area contributed by atoms with Crippen LogP contribution in [-0.2, 0) is 4.79 Å². The number of carbonyl (C=O) groups excluding carboxylic acids is 1. The van der Waals surface area contributed by atoms with Crippen LogP contribution in [0.5, 0.6) is 0 Å². The summed E-state index contributed by atoms with van der Waals surface area (Å²) in [5.41, 5.74) is 5.08. The molecule has 3 aromatic rings. The summed E-state index contributed by atoms with van der Waals surface area (Å²) in [5, 5.41) is 9.64. The Morgan fingerprint density at radius 3 is 2.39 bits per heavy atom. The Balaban J connectivity index is 1.70. The molecule has 0 fully saturated rings. The molecule has 5 rings (SSSR count). The maximum Gasteiger partial charge on any atom is 0.163 e. The maximum absolute atomic E-state index is 13.3. The summed E-state index contributed by atoms with van der Waals surface area (Å²) >= 11 is 0. The standard InChI is InChI=1S/C25H24N2O/c1-25(2)14-21-23(22(28)15-25)24(27-20-10-6-5-9-19(20)26-21)18-12-11-16-7-3-4-8-17(16)13-18/h3-13,24,26-27H,14-15H2,1-2H3/t24-/m1/s1. The lowest BCUT2D eigenvalue weighted by Gasteiger charge is -2.34. The first kappa shape index (κ1) is 17.1. The lowest BCUT2D eigenvalue weighted by atomic mass is 9.73. The second-order valence-corrected chi connectivity index (χ2v) is 8.69. The Labute approximate surface area is 165 Å². The van der Waals surface area contributed by atoms with Crippen molar-refractivity contribution < 1.29 is 4.79 Å². The molecule has 0 aromatic heterocycles. The van der Waals surface area contributed by atoms with Crippen LogP contribution in [0.2, 0.25) is 0 Å². The molecule has 0 radical (unpaired) electrons. The third-order valence-electron chi connectivity index (χ3n) is 5.83. The van der Waals surface area contributed by atoms with Gasteiger partial charge in [-0.1, -0.05) is 62.4 Å². The Kier molecular flexibility index (Phi) is 3.80. The van der Waals surface area contributed by atoms with Crippen LogP contribution in [0.15, 0.2) is 78.0 Å². The number of benzene rings is 3. The second kappa shape index (κ2) is 6.23. The van der Waals surface area contributed by atoms with E-state index in [0.717, 1.165) is 34.6 Å². The minimum absolute atomic E-state index is 0.0316. The summed E-state index contributed by atoms with van der Waals surface area (Å²) in [6, 6.07) is 22.9. The Bertz CT molecular complexity index is 1130. The summed E-state index contributed by atoms with van der Waals surface area (Å²) in [5.74, 6) is 0.234. The van der Waals surface area contributed by atoms with E-state index in [1.807, 2.05) is 12.1 Å². The van der Waals surface area contributed by atoms with Crippen molar-refractivity contribution in [2.45, 2.75) is 32.7 Å². The zero-order valence-electron chi connectivity index (χ0n) is 16.3. The van der Waals surface area contributed by atoms with Crippen molar-refractivity contribution >= 4 is 27.9 Å². The zero-order valence-corrected chi connectivity index (χ0v) is 16.3. The molecule has 0 spiro atoms. The van der Waals surface area contributed by atoms with Crippen molar-refractivity contribution in [2.75, 3.05) is 10.6 Å². The number of fused-ring (bicyclic) bond motifs is 2. The normalized spacial score (nSPS) is 20.6. The first-order valence-electron chi connectivity index (χ1n) is 9.88. The Morgan fingerprint density at radius 2 is 1.57 bits per heavy atom. The monoisotopic (exact) mass is 368 g/mol. The molecule has 1 heterocycles. The zero-order chi connectivity index (χ0) is 19.3. The van der Waals surface area contributed by atoms with E-state index in [-0.39, 0.29) is 17.2 Å². The topological polar surface area (TPSA) is 41.1 Å². The molecule has 3 aromatic carbocycles. The van der Waals surface area contributed by atoms with Crippen LogP contribution in [0, 0.1) is 5.41 Å². The number of para-hydroxylation sites is 2. The van der Waals surface area contributed by atoms with Crippen LogP contribution < -0.4 is 10.6 Å². The molecule has 0 unspecified atom stereocenters. The Hall–Kier alpha value is -3.07. The molecule has 1 atom stereocenters. The van der Waals surface area contributed by atoms with Crippen molar-refractivity contribution in [3.8, 4) is 0 Å². The van der Waals surface area contributed by atoms with E-state index in [1.165, 1.54) is 10.8 Å². The van der Waals surface area contributed by atoms with Crippen LogP contribution in [0.4, 0.5) is 11.4 Å². The molecule has 2 N–H and O–H groups in total. The largest absolute Gasteiger partial charge is 0.372 e. The van der Waals surface area contributed by atoms with Crippen LogP contribution >= 0.6 is 0 Å². The van der Waals surface area contributed by atoms with E-state index in [9.17, 15) is 4.79 Å². The molecule has 140 valence electrons. The lowest BCUT2D eigenvalue weighted by Crippen LogP contribution is -2.31. The SMILES string of the molecule is CC1(C)CC(=O)C2=C(C1)Nc1ccccc1N[C@@H]2c1ccc2ccccc2c1. The van der Waals surface area contributed by atoms with Crippen LogP contribution in [0.25, 0.3) is 10.8 Å². The molecular weight excluding hydrogens is 344 g/mol. The van der Waals surface area contributed by atoms with Crippen LogP contribution in [-0.4, -0.2) is 5.78 Å². The van der Waals surface area contributed by atoms with E-state index in [0.29, 0.717) is 6.42 Å². The molecule has 0 amide bonds. The fraction of sp³-hybridized carbons (Fsp3) is 0.240. The summed E-state index contributed by atoms with van der Waals surface area (Å²) < 4.78 is 0. The highest BCUT2D eigenvalue weighted by molar-refractivity contribution is 6.01. The molecule has 0 saturated carbocycles. The lowest BCUT2D eigenvalue weighted by molar-refractivity contribution is -0.118. The highest BCUT2D eigenvalue weighted by Gasteiger charge is 2.38.